The Hall–Kier alpha value is -1.32. The van der Waals surface area contributed by atoms with Gasteiger partial charge in [0.15, 0.2) is 0 Å². The molecule has 1 aromatic rings. The van der Waals surface area contributed by atoms with Crippen molar-refractivity contribution in [3.63, 3.8) is 0 Å². The number of aliphatic hydroxyl groups excluding tert-OH is 1. The maximum absolute atomic E-state index is 9.66. The molecular weight excluding hydrogens is 214 g/mol. The topological polar surface area (TPSA) is 41.5 Å². The molecule has 0 saturated heterocycles. The van der Waals surface area contributed by atoms with E-state index in [0.717, 1.165) is 17.9 Å². The van der Waals surface area contributed by atoms with Crippen molar-refractivity contribution in [2.45, 2.75) is 20.0 Å². The highest BCUT2D eigenvalue weighted by Gasteiger charge is 2.04. The maximum Gasteiger partial charge on any atom is 0.119 e. The molecule has 1 atom stereocenters. The van der Waals surface area contributed by atoms with Gasteiger partial charge in [-0.15, -0.1) is 0 Å². The number of nitrogens with one attached hydrogen (secondary N) is 1. The minimum atomic E-state index is -0.504. The first kappa shape index (κ1) is 13.7. The minimum Gasteiger partial charge on any atom is -0.491 e. The number of benzene rings is 1. The lowest BCUT2D eigenvalue weighted by molar-refractivity contribution is 0.107. The Morgan fingerprint density at radius 1 is 1.41 bits per heavy atom. The van der Waals surface area contributed by atoms with E-state index >= 15 is 0 Å². The molecule has 1 aromatic carbocycles. The highest BCUT2D eigenvalue weighted by atomic mass is 16.5. The molecule has 0 aromatic heterocycles. The average molecular weight is 235 g/mol. The molecule has 0 aliphatic heterocycles. The summed E-state index contributed by atoms with van der Waals surface area (Å²) in [4.78, 5) is 0. The lowest BCUT2D eigenvalue weighted by atomic mass is 10.2. The van der Waals surface area contributed by atoms with Gasteiger partial charge in [0.25, 0.3) is 0 Å². The molecule has 1 unspecified atom stereocenters. The van der Waals surface area contributed by atoms with E-state index in [-0.39, 0.29) is 0 Å². The molecule has 0 spiro atoms. The Kier molecular flexibility index (Phi) is 5.73. The molecule has 0 aliphatic carbocycles. The van der Waals surface area contributed by atoms with Gasteiger partial charge in [0.1, 0.15) is 18.5 Å². The van der Waals surface area contributed by atoms with Gasteiger partial charge in [-0.05, 0) is 26.0 Å². The fraction of sp³-hybridized carbons (Fsp3) is 0.429. The van der Waals surface area contributed by atoms with Crippen molar-refractivity contribution >= 4 is 0 Å². The van der Waals surface area contributed by atoms with Crippen LogP contribution in [0.1, 0.15) is 12.5 Å². The second-order valence-electron chi connectivity index (χ2n) is 4.37. The van der Waals surface area contributed by atoms with Gasteiger partial charge in [-0.2, -0.15) is 0 Å². The van der Waals surface area contributed by atoms with E-state index in [1.807, 2.05) is 38.1 Å². The van der Waals surface area contributed by atoms with Gasteiger partial charge in [0, 0.05) is 13.1 Å². The summed E-state index contributed by atoms with van der Waals surface area (Å²) in [6.45, 7) is 9.29. The van der Waals surface area contributed by atoms with Crippen molar-refractivity contribution in [2.24, 2.45) is 0 Å². The van der Waals surface area contributed by atoms with Crippen LogP contribution in [0.5, 0.6) is 5.75 Å². The number of hydrogen-bond donors (Lipinski definition) is 2. The molecule has 0 heterocycles. The summed E-state index contributed by atoms with van der Waals surface area (Å²) in [5.41, 5.74) is 2.25. The molecule has 0 radical (unpaired) electrons. The van der Waals surface area contributed by atoms with Crippen LogP contribution >= 0.6 is 0 Å². The largest absolute Gasteiger partial charge is 0.491 e. The van der Waals surface area contributed by atoms with Gasteiger partial charge in [-0.1, -0.05) is 29.8 Å². The first-order valence-electron chi connectivity index (χ1n) is 5.80. The van der Waals surface area contributed by atoms with Crippen LogP contribution in [0, 0.1) is 6.92 Å². The number of rotatable bonds is 7. The quantitative estimate of drug-likeness (QED) is 0.709. The molecular formula is C14H21NO2. The lowest BCUT2D eigenvalue weighted by Crippen LogP contribution is -2.32. The van der Waals surface area contributed by atoms with E-state index in [2.05, 4.69) is 11.9 Å². The summed E-state index contributed by atoms with van der Waals surface area (Å²) in [5.74, 6) is 0.787. The molecule has 2 N–H and O–H groups in total. The van der Waals surface area contributed by atoms with Gasteiger partial charge in [0.2, 0.25) is 0 Å². The van der Waals surface area contributed by atoms with Crippen LogP contribution in [-0.2, 0) is 0 Å². The molecule has 17 heavy (non-hydrogen) atoms. The van der Waals surface area contributed by atoms with E-state index in [0.29, 0.717) is 13.2 Å². The third-order valence-electron chi connectivity index (χ3n) is 2.27. The van der Waals surface area contributed by atoms with E-state index in [9.17, 15) is 5.11 Å². The Balaban J connectivity index is 2.21. The van der Waals surface area contributed by atoms with Crippen molar-refractivity contribution in [2.75, 3.05) is 19.7 Å². The third-order valence-corrected chi connectivity index (χ3v) is 2.27. The van der Waals surface area contributed by atoms with E-state index in [1.54, 1.807) is 0 Å². The van der Waals surface area contributed by atoms with Crippen LogP contribution in [0.15, 0.2) is 36.4 Å². The second kappa shape index (κ2) is 7.09. The molecule has 3 nitrogen and oxygen atoms in total. The van der Waals surface area contributed by atoms with Crippen LogP contribution in [0.25, 0.3) is 0 Å². The predicted octanol–water partition coefficient (Wildman–Crippen LogP) is 1.90. The lowest BCUT2D eigenvalue weighted by Gasteiger charge is -2.13. The average Bonchev–Trinajstić information content (AvgIpc) is 2.28. The standard InChI is InChI=1S/C14H21NO2/c1-11(2)8-15-9-13(16)10-17-14-6-4-12(3)5-7-14/h4-7,13,15-16H,1,8-10H2,2-3H3. The van der Waals surface area contributed by atoms with Crippen LogP contribution < -0.4 is 10.1 Å². The molecule has 3 heteroatoms. The van der Waals surface area contributed by atoms with Crippen LogP contribution in [0.4, 0.5) is 0 Å². The zero-order valence-corrected chi connectivity index (χ0v) is 10.6. The number of ether oxygens (including phenoxy) is 1. The summed E-state index contributed by atoms with van der Waals surface area (Å²) >= 11 is 0. The highest BCUT2D eigenvalue weighted by Crippen LogP contribution is 2.11. The molecule has 0 bridgehead atoms. The van der Waals surface area contributed by atoms with Crippen molar-refractivity contribution in [1.82, 2.24) is 5.32 Å². The smallest absolute Gasteiger partial charge is 0.119 e. The molecule has 0 amide bonds. The van der Waals surface area contributed by atoms with Gasteiger partial charge >= 0.3 is 0 Å². The van der Waals surface area contributed by atoms with Crippen molar-refractivity contribution < 1.29 is 9.84 Å². The fourth-order valence-corrected chi connectivity index (χ4v) is 1.34. The zero-order valence-electron chi connectivity index (χ0n) is 10.6. The van der Waals surface area contributed by atoms with Crippen molar-refractivity contribution in [3.05, 3.63) is 42.0 Å². The summed E-state index contributed by atoms with van der Waals surface area (Å²) < 4.78 is 5.47. The Bertz CT molecular complexity index is 346. The Morgan fingerprint density at radius 2 is 2.06 bits per heavy atom. The number of hydrogen-bond acceptors (Lipinski definition) is 3. The molecule has 0 aliphatic rings. The number of aliphatic hydroxyl groups is 1. The van der Waals surface area contributed by atoms with Gasteiger partial charge < -0.3 is 15.2 Å². The van der Waals surface area contributed by atoms with Crippen LogP contribution in [0.2, 0.25) is 0 Å². The summed E-state index contributed by atoms with van der Waals surface area (Å²) in [6, 6.07) is 7.79. The van der Waals surface area contributed by atoms with E-state index in [4.69, 9.17) is 4.74 Å². The summed E-state index contributed by atoms with van der Waals surface area (Å²) in [5, 5.41) is 12.8. The maximum atomic E-state index is 9.66. The highest BCUT2D eigenvalue weighted by molar-refractivity contribution is 5.26. The summed E-state index contributed by atoms with van der Waals surface area (Å²) in [7, 11) is 0. The molecule has 0 saturated carbocycles. The predicted molar refractivity (Wildman–Crippen MR) is 70.4 cm³/mol. The van der Waals surface area contributed by atoms with Gasteiger partial charge in [0.05, 0.1) is 0 Å². The van der Waals surface area contributed by atoms with Crippen LogP contribution in [0.3, 0.4) is 0 Å². The molecule has 0 fully saturated rings. The normalized spacial score (nSPS) is 12.2. The number of aryl methyl sites for hydroxylation is 1. The monoisotopic (exact) mass is 235 g/mol. The van der Waals surface area contributed by atoms with E-state index in [1.165, 1.54) is 5.56 Å². The first-order valence-corrected chi connectivity index (χ1v) is 5.80. The fourth-order valence-electron chi connectivity index (χ4n) is 1.34. The SMILES string of the molecule is C=C(C)CNCC(O)COc1ccc(C)cc1. The first-order chi connectivity index (χ1) is 8.08. The van der Waals surface area contributed by atoms with Gasteiger partial charge in [-0.3, -0.25) is 0 Å². The molecule has 1 rings (SSSR count). The Labute approximate surface area is 103 Å². The zero-order chi connectivity index (χ0) is 12.7. The Morgan fingerprint density at radius 3 is 2.65 bits per heavy atom. The third kappa shape index (κ3) is 6.09. The van der Waals surface area contributed by atoms with Crippen LogP contribution in [-0.4, -0.2) is 30.9 Å². The van der Waals surface area contributed by atoms with Crippen molar-refractivity contribution in [3.8, 4) is 5.75 Å². The minimum absolute atomic E-state index is 0.298. The van der Waals surface area contributed by atoms with Crippen molar-refractivity contribution in [1.29, 1.82) is 0 Å². The second-order valence-corrected chi connectivity index (χ2v) is 4.37. The summed E-state index contributed by atoms with van der Waals surface area (Å²) in [6.07, 6.45) is -0.504. The van der Waals surface area contributed by atoms with Gasteiger partial charge in [-0.25, -0.2) is 0 Å². The molecule has 94 valence electrons. The van der Waals surface area contributed by atoms with E-state index < -0.39 is 6.10 Å².